The molecule has 7 nitrogen and oxygen atoms in total. The van der Waals surface area contributed by atoms with Crippen LogP contribution in [-0.2, 0) is 74.8 Å². The van der Waals surface area contributed by atoms with Crippen molar-refractivity contribution in [3.63, 3.8) is 0 Å². The Morgan fingerprint density at radius 1 is 0.333 bits per heavy atom. The molecule has 7 rings (SSSR count). The summed E-state index contributed by atoms with van der Waals surface area (Å²) in [7, 11) is 0. The standard InChI is InChI=1S/C26H22O2.C21H20O2.C6H14O2.C3H8O.CH3.2Zr/c27-25(21-13-5-1-6-14-21,22-15-7-2-8-16-22)26(28,23-17-9-3-10-18-23)24-19-11-4-12-20-24;1-20(22,17-11-5-2-6-12-17)21(23,18-13-7-3-8-14-18)19-15-9-4-10-16-19;1-5(7)4-6(2,3)8;1-3(2)4;;;/h1-20,27-28H;2-16,22-23H,1H3;5,7-8H,4H2,1-3H3;3-4H,1-2H3;1H3;;/q;;;;-1;;. The van der Waals surface area contributed by atoms with Gasteiger partial charge in [-0.25, -0.2) is 0 Å². The van der Waals surface area contributed by atoms with E-state index >= 15 is 0 Å². The van der Waals surface area contributed by atoms with Crippen LogP contribution in [0.1, 0.15) is 86.9 Å². The fraction of sp³-hybridized carbons (Fsp3) is 0.246. The Morgan fingerprint density at radius 3 is 0.652 bits per heavy atom. The van der Waals surface area contributed by atoms with Crippen LogP contribution in [0.25, 0.3) is 0 Å². The van der Waals surface area contributed by atoms with Crippen molar-refractivity contribution in [2.45, 2.75) is 88.2 Å². The van der Waals surface area contributed by atoms with Crippen molar-refractivity contribution in [2.24, 2.45) is 0 Å². The van der Waals surface area contributed by atoms with E-state index in [0.717, 1.165) is 0 Å². The molecule has 0 spiro atoms. The molecular weight excluding hydrogens is 979 g/mol. The van der Waals surface area contributed by atoms with Crippen molar-refractivity contribution in [1.29, 1.82) is 0 Å². The molecular formula is C57H67O7Zr2-. The summed E-state index contributed by atoms with van der Waals surface area (Å²) in [6.07, 6.45) is -0.137. The predicted molar refractivity (Wildman–Crippen MR) is 260 cm³/mol. The second-order valence-electron chi connectivity index (χ2n) is 16.7. The van der Waals surface area contributed by atoms with E-state index in [1.165, 1.54) is 0 Å². The zero-order valence-electron chi connectivity index (χ0n) is 39.2. The number of aliphatic hydroxyl groups excluding tert-OH is 2. The average Bonchev–Trinajstić information content (AvgIpc) is 3.29. The first-order valence-corrected chi connectivity index (χ1v) is 21.3. The minimum atomic E-state index is -1.70. The molecule has 9 heteroatoms. The van der Waals surface area contributed by atoms with E-state index in [1.54, 1.807) is 41.5 Å². The third-order valence-corrected chi connectivity index (χ3v) is 10.5. The predicted octanol–water partition coefficient (Wildman–Crippen LogP) is 10.0. The normalized spacial score (nSPS) is 12.5. The number of hydrogen-bond acceptors (Lipinski definition) is 7. The van der Waals surface area contributed by atoms with Crippen LogP contribution >= 0.6 is 0 Å². The van der Waals surface area contributed by atoms with E-state index < -0.39 is 34.1 Å². The van der Waals surface area contributed by atoms with Gasteiger partial charge in [-0.2, -0.15) is 0 Å². The number of hydrogen-bond donors (Lipinski definition) is 7. The smallest absolute Gasteiger partial charge is 0.152 e. The van der Waals surface area contributed by atoms with Crippen LogP contribution in [0.3, 0.4) is 0 Å². The summed E-state index contributed by atoms with van der Waals surface area (Å²) in [5.41, 5.74) is -2.71. The minimum absolute atomic E-state index is 0. The van der Waals surface area contributed by atoms with E-state index in [0.29, 0.717) is 45.4 Å². The zero-order valence-corrected chi connectivity index (χ0v) is 44.1. The quantitative estimate of drug-likeness (QED) is 0.0640. The molecule has 0 radical (unpaired) electrons. The first-order valence-electron chi connectivity index (χ1n) is 21.3. The maximum atomic E-state index is 12.3. The van der Waals surface area contributed by atoms with Crippen LogP contribution < -0.4 is 0 Å². The van der Waals surface area contributed by atoms with Crippen molar-refractivity contribution in [1.82, 2.24) is 0 Å². The summed E-state index contributed by atoms with van der Waals surface area (Å²) in [6, 6.07) is 65.3. The van der Waals surface area contributed by atoms with Crippen molar-refractivity contribution in [3.8, 4) is 0 Å². The van der Waals surface area contributed by atoms with Crippen LogP contribution in [0.2, 0.25) is 0 Å². The van der Waals surface area contributed by atoms with E-state index in [1.807, 2.05) is 212 Å². The number of benzene rings is 7. The van der Waals surface area contributed by atoms with Gasteiger partial charge >= 0.3 is 0 Å². The molecule has 0 aliphatic carbocycles. The van der Waals surface area contributed by atoms with Gasteiger partial charge in [-0.1, -0.05) is 212 Å². The Kier molecular flexibility index (Phi) is 25.2. The molecule has 66 heavy (non-hydrogen) atoms. The molecule has 0 fully saturated rings. The second kappa shape index (κ2) is 27.7. The van der Waals surface area contributed by atoms with E-state index in [-0.39, 0.29) is 65.9 Å². The van der Waals surface area contributed by atoms with Crippen LogP contribution in [0.15, 0.2) is 212 Å². The van der Waals surface area contributed by atoms with Gasteiger partial charge in [0.2, 0.25) is 0 Å². The summed E-state index contributed by atoms with van der Waals surface area (Å²) < 4.78 is 0. The SMILES string of the molecule is CC(C)O.CC(O)(c1ccccc1)C(O)(c1ccccc1)c1ccccc1.CC(O)CC(C)(C)O.OC(c1ccccc1)(c1ccccc1)C(O)(c1ccccc1)c1ccccc1.[CH3-].[Zr].[Zr]. The molecule has 2 unspecified atom stereocenters. The zero-order chi connectivity index (χ0) is 46.2. The first kappa shape index (κ1) is 60.0. The molecule has 0 aliphatic rings. The van der Waals surface area contributed by atoms with Gasteiger partial charge in [0, 0.05) is 64.9 Å². The molecule has 0 amide bonds. The molecule has 0 saturated carbocycles. The number of rotatable bonds is 11. The second-order valence-corrected chi connectivity index (χ2v) is 16.7. The largest absolute Gasteiger partial charge is 0.394 e. The molecule has 0 bridgehead atoms. The van der Waals surface area contributed by atoms with E-state index in [4.69, 9.17) is 15.3 Å². The Bertz CT molecular complexity index is 2100. The van der Waals surface area contributed by atoms with Gasteiger partial charge in [0.15, 0.2) is 11.2 Å². The van der Waals surface area contributed by atoms with Gasteiger partial charge in [-0.15, -0.1) is 0 Å². The van der Waals surface area contributed by atoms with Gasteiger partial charge in [-0.05, 0) is 80.5 Å². The Labute approximate surface area is 431 Å². The molecule has 7 N–H and O–H groups in total. The summed E-state index contributed by atoms with van der Waals surface area (Å²) in [4.78, 5) is 0. The van der Waals surface area contributed by atoms with Crippen molar-refractivity contribution < 1.29 is 88.2 Å². The summed E-state index contributed by atoms with van der Waals surface area (Å²) >= 11 is 0. The summed E-state index contributed by atoms with van der Waals surface area (Å²) in [5, 5.41) is 73.5. The topological polar surface area (TPSA) is 142 Å². The molecule has 0 saturated heterocycles. The van der Waals surface area contributed by atoms with Gasteiger partial charge in [0.1, 0.15) is 11.2 Å². The molecule has 346 valence electrons. The van der Waals surface area contributed by atoms with Gasteiger partial charge < -0.3 is 43.2 Å². The van der Waals surface area contributed by atoms with Crippen LogP contribution in [0, 0.1) is 7.43 Å². The average molecular weight is 1050 g/mol. The van der Waals surface area contributed by atoms with Crippen LogP contribution in [-0.4, -0.2) is 53.6 Å². The maximum Gasteiger partial charge on any atom is 0.152 e. The van der Waals surface area contributed by atoms with Gasteiger partial charge in [0.25, 0.3) is 0 Å². The Hall–Kier alpha value is -3.97. The fourth-order valence-corrected chi connectivity index (χ4v) is 7.67. The fourth-order valence-electron chi connectivity index (χ4n) is 7.67. The number of aliphatic hydroxyl groups is 7. The minimum Gasteiger partial charge on any atom is -0.394 e. The Balaban J connectivity index is 0.000000517. The van der Waals surface area contributed by atoms with Crippen molar-refractivity contribution in [3.05, 3.63) is 259 Å². The third-order valence-electron chi connectivity index (χ3n) is 10.5. The summed E-state index contributed by atoms with van der Waals surface area (Å²) in [6.45, 7) is 10.1. The Morgan fingerprint density at radius 2 is 0.500 bits per heavy atom. The van der Waals surface area contributed by atoms with Crippen LogP contribution in [0.5, 0.6) is 0 Å². The molecule has 0 heterocycles. The van der Waals surface area contributed by atoms with E-state index in [2.05, 4.69) is 0 Å². The molecule has 2 atom stereocenters. The molecule has 7 aromatic carbocycles. The summed E-state index contributed by atoms with van der Waals surface area (Å²) in [5.74, 6) is 0. The first-order chi connectivity index (χ1) is 29.9. The van der Waals surface area contributed by atoms with Gasteiger partial charge in [0.05, 0.1) is 11.7 Å². The van der Waals surface area contributed by atoms with Crippen LogP contribution in [0.4, 0.5) is 0 Å². The van der Waals surface area contributed by atoms with Gasteiger partial charge in [-0.3, -0.25) is 0 Å². The third kappa shape index (κ3) is 15.3. The molecule has 0 aromatic heterocycles. The maximum absolute atomic E-state index is 12.3. The molecule has 0 aliphatic heterocycles. The van der Waals surface area contributed by atoms with E-state index in [9.17, 15) is 20.4 Å². The monoisotopic (exact) mass is 1040 g/mol. The van der Waals surface area contributed by atoms with Crippen molar-refractivity contribution in [2.75, 3.05) is 0 Å². The molecule has 7 aromatic rings. The van der Waals surface area contributed by atoms with Crippen molar-refractivity contribution >= 4 is 0 Å².